The lowest BCUT2D eigenvalue weighted by atomic mass is 10.1. The van der Waals surface area contributed by atoms with E-state index in [9.17, 15) is 13.2 Å². The number of hydrogen-bond acceptors (Lipinski definition) is 3. The van der Waals surface area contributed by atoms with Crippen molar-refractivity contribution in [1.82, 2.24) is 10.3 Å². The Morgan fingerprint density at radius 1 is 1.41 bits per heavy atom. The maximum absolute atomic E-state index is 12.7. The second kappa shape index (κ2) is 4.91. The Hall–Kier alpha value is -1.30. The molecule has 1 atom stereocenters. The highest BCUT2D eigenvalue weighted by atomic mass is 19.4. The first-order chi connectivity index (χ1) is 8.07. The number of nitrogens with one attached hydrogen (secondary N) is 2. The summed E-state index contributed by atoms with van der Waals surface area (Å²) in [4.78, 5) is 3.78. The van der Waals surface area contributed by atoms with Crippen LogP contribution in [0.4, 0.5) is 19.0 Å². The van der Waals surface area contributed by atoms with Crippen LogP contribution in [0.3, 0.4) is 0 Å². The Morgan fingerprint density at radius 2 is 2.24 bits per heavy atom. The minimum atomic E-state index is -4.36. The number of nitrogens with zero attached hydrogens (tertiary/aromatic N) is 1. The quantitative estimate of drug-likeness (QED) is 0.839. The van der Waals surface area contributed by atoms with Crippen molar-refractivity contribution in [3.8, 4) is 0 Å². The molecular weight excluding hydrogens is 231 g/mol. The third kappa shape index (κ3) is 3.09. The smallest absolute Gasteiger partial charge is 0.366 e. The largest absolute Gasteiger partial charge is 0.419 e. The standard InChI is InChI=1S/C11H14F3N3/c12-11(13,14)9-4-2-6-16-10(9)17-8-3-1-5-15-7-8/h2,4,6,8,15H,1,3,5,7H2,(H,16,17). The molecule has 1 aliphatic rings. The minimum absolute atomic E-state index is 0.0137. The minimum Gasteiger partial charge on any atom is -0.366 e. The number of alkyl halides is 3. The number of halogens is 3. The maximum atomic E-state index is 12.7. The summed E-state index contributed by atoms with van der Waals surface area (Å²) in [6.45, 7) is 1.60. The molecule has 1 aliphatic heterocycles. The second-order valence-electron chi connectivity index (χ2n) is 4.08. The molecule has 0 aliphatic carbocycles. The van der Waals surface area contributed by atoms with Gasteiger partial charge in [-0.05, 0) is 31.5 Å². The zero-order chi connectivity index (χ0) is 12.3. The van der Waals surface area contributed by atoms with Gasteiger partial charge in [-0.25, -0.2) is 4.98 Å². The molecule has 94 valence electrons. The fourth-order valence-electron chi connectivity index (χ4n) is 1.92. The molecule has 3 nitrogen and oxygen atoms in total. The van der Waals surface area contributed by atoms with Crippen LogP contribution in [-0.2, 0) is 6.18 Å². The van der Waals surface area contributed by atoms with Crippen LogP contribution in [0, 0.1) is 0 Å². The summed E-state index contributed by atoms with van der Waals surface area (Å²) in [5, 5.41) is 6.00. The van der Waals surface area contributed by atoms with Crippen LogP contribution < -0.4 is 10.6 Å². The highest BCUT2D eigenvalue weighted by Crippen LogP contribution is 2.33. The van der Waals surface area contributed by atoms with Crippen molar-refractivity contribution >= 4 is 5.82 Å². The Labute approximate surface area is 97.4 Å². The lowest BCUT2D eigenvalue weighted by Crippen LogP contribution is -2.39. The van der Waals surface area contributed by atoms with Crippen LogP contribution >= 0.6 is 0 Å². The third-order valence-electron chi connectivity index (χ3n) is 2.75. The molecule has 1 saturated heterocycles. The van der Waals surface area contributed by atoms with Gasteiger partial charge in [0.1, 0.15) is 5.82 Å². The molecule has 0 spiro atoms. The Balaban J connectivity index is 2.14. The molecule has 0 bridgehead atoms. The molecule has 2 heterocycles. The first-order valence-corrected chi connectivity index (χ1v) is 5.57. The van der Waals surface area contributed by atoms with E-state index in [4.69, 9.17) is 0 Å². The van der Waals surface area contributed by atoms with Crippen molar-refractivity contribution in [1.29, 1.82) is 0 Å². The molecular formula is C11H14F3N3. The summed E-state index contributed by atoms with van der Waals surface area (Å²) in [7, 11) is 0. The summed E-state index contributed by atoms with van der Waals surface area (Å²) >= 11 is 0. The monoisotopic (exact) mass is 245 g/mol. The van der Waals surface area contributed by atoms with Gasteiger partial charge in [0, 0.05) is 18.8 Å². The number of anilines is 1. The van der Waals surface area contributed by atoms with Crippen molar-refractivity contribution in [2.24, 2.45) is 0 Å². The van der Waals surface area contributed by atoms with Gasteiger partial charge >= 0.3 is 6.18 Å². The summed E-state index contributed by atoms with van der Waals surface area (Å²) in [5.74, 6) is -0.0753. The number of aromatic nitrogens is 1. The second-order valence-corrected chi connectivity index (χ2v) is 4.08. The van der Waals surface area contributed by atoms with Crippen LogP contribution in [0.2, 0.25) is 0 Å². The first kappa shape index (κ1) is 12.2. The topological polar surface area (TPSA) is 37.0 Å². The highest BCUT2D eigenvalue weighted by molar-refractivity contribution is 5.46. The molecule has 0 aromatic carbocycles. The predicted molar refractivity (Wildman–Crippen MR) is 58.8 cm³/mol. The first-order valence-electron chi connectivity index (χ1n) is 5.57. The van der Waals surface area contributed by atoms with Gasteiger partial charge in [0.05, 0.1) is 5.56 Å². The van der Waals surface area contributed by atoms with E-state index in [0.717, 1.165) is 25.5 Å². The molecule has 1 aromatic rings. The number of pyridine rings is 1. The molecule has 2 N–H and O–H groups in total. The van der Waals surface area contributed by atoms with Crippen LogP contribution in [-0.4, -0.2) is 24.1 Å². The van der Waals surface area contributed by atoms with Crippen molar-refractivity contribution < 1.29 is 13.2 Å². The molecule has 0 saturated carbocycles. The van der Waals surface area contributed by atoms with E-state index in [0.29, 0.717) is 6.54 Å². The molecule has 2 rings (SSSR count). The van der Waals surface area contributed by atoms with E-state index in [1.165, 1.54) is 12.3 Å². The van der Waals surface area contributed by atoms with Crippen LogP contribution in [0.1, 0.15) is 18.4 Å². The summed E-state index contributed by atoms with van der Waals surface area (Å²) in [6, 6.07) is 2.36. The average molecular weight is 245 g/mol. The normalized spacial score (nSPS) is 21.2. The van der Waals surface area contributed by atoms with Crippen molar-refractivity contribution in [2.45, 2.75) is 25.1 Å². The zero-order valence-corrected chi connectivity index (χ0v) is 9.22. The van der Waals surface area contributed by atoms with E-state index in [2.05, 4.69) is 15.6 Å². The van der Waals surface area contributed by atoms with E-state index >= 15 is 0 Å². The Morgan fingerprint density at radius 3 is 2.88 bits per heavy atom. The molecule has 0 amide bonds. The van der Waals surface area contributed by atoms with Gasteiger partial charge in [0.15, 0.2) is 0 Å². The molecule has 1 unspecified atom stereocenters. The van der Waals surface area contributed by atoms with Crippen molar-refractivity contribution in [3.63, 3.8) is 0 Å². The van der Waals surface area contributed by atoms with Crippen LogP contribution in [0.15, 0.2) is 18.3 Å². The average Bonchev–Trinajstić information content (AvgIpc) is 2.30. The molecule has 17 heavy (non-hydrogen) atoms. The lowest BCUT2D eigenvalue weighted by Gasteiger charge is -2.25. The lowest BCUT2D eigenvalue weighted by molar-refractivity contribution is -0.137. The molecule has 1 fully saturated rings. The molecule has 6 heteroatoms. The summed E-state index contributed by atoms with van der Waals surface area (Å²) in [6.07, 6.45) is -1.17. The molecule has 0 radical (unpaired) electrons. The maximum Gasteiger partial charge on any atom is 0.419 e. The Bertz CT molecular complexity index is 372. The third-order valence-corrected chi connectivity index (χ3v) is 2.75. The fourth-order valence-corrected chi connectivity index (χ4v) is 1.92. The van der Waals surface area contributed by atoms with Gasteiger partial charge in [-0.2, -0.15) is 13.2 Å². The van der Waals surface area contributed by atoms with E-state index < -0.39 is 11.7 Å². The Kier molecular flexibility index (Phi) is 3.51. The van der Waals surface area contributed by atoms with Gasteiger partial charge in [0.2, 0.25) is 0 Å². The fraction of sp³-hybridized carbons (Fsp3) is 0.545. The number of rotatable bonds is 2. The van der Waals surface area contributed by atoms with Gasteiger partial charge in [-0.1, -0.05) is 0 Å². The van der Waals surface area contributed by atoms with Gasteiger partial charge < -0.3 is 10.6 Å². The van der Waals surface area contributed by atoms with Crippen molar-refractivity contribution in [2.75, 3.05) is 18.4 Å². The van der Waals surface area contributed by atoms with Gasteiger partial charge in [-0.3, -0.25) is 0 Å². The summed E-state index contributed by atoms with van der Waals surface area (Å²) < 4.78 is 38.1. The van der Waals surface area contributed by atoms with Gasteiger partial charge in [-0.15, -0.1) is 0 Å². The van der Waals surface area contributed by atoms with Crippen LogP contribution in [0.25, 0.3) is 0 Å². The zero-order valence-electron chi connectivity index (χ0n) is 9.22. The summed E-state index contributed by atoms with van der Waals surface area (Å²) in [5.41, 5.74) is -0.703. The van der Waals surface area contributed by atoms with E-state index in [-0.39, 0.29) is 11.9 Å². The SMILES string of the molecule is FC(F)(F)c1cccnc1NC1CCCNC1. The van der Waals surface area contributed by atoms with Gasteiger partial charge in [0.25, 0.3) is 0 Å². The number of piperidine rings is 1. The van der Waals surface area contributed by atoms with Crippen LogP contribution in [0.5, 0.6) is 0 Å². The van der Waals surface area contributed by atoms with Crippen molar-refractivity contribution in [3.05, 3.63) is 23.9 Å². The number of hydrogen-bond donors (Lipinski definition) is 2. The highest BCUT2D eigenvalue weighted by Gasteiger charge is 2.34. The molecule has 1 aromatic heterocycles. The van der Waals surface area contributed by atoms with E-state index in [1.54, 1.807) is 0 Å². The predicted octanol–water partition coefficient (Wildman–Crippen LogP) is 2.26. The van der Waals surface area contributed by atoms with E-state index in [1.807, 2.05) is 0 Å².